The minimum atomic E-state index is -4.67. The van der Waals surface area contributed by atoms with Gasteiger partial charge < -0.3 is 25.2 Å². The molecule has 2 aromatic carbocycles. The molecular formula is C40H52N4O9S. The van der Waals surface area contributed by atoms with Gasteiger partial charge in [-0.3, -0.25) is 28.9 Å². The SMILES string of the molecule is C=C[C@@H]1CN2CCC1C[C@@H]2C(O)c1ccnc2ccc(OC)cc12.C=C[C@@H]1CN2CCC1C[C@@H]2C(O)c1ccnc2ccc(OC)cc12.O.O=S(=O)(O)O. The van der Waals surface area contributed by atoms with Gasteiger partial charge in [0.15, 0.2) is 0 Å². The summed E-state index contributed by atoms with van der Waals surface area (Å²) in [5, 5.41) is 24.3. The van der Waals surface area contributed by atoms with E-state index in [0.717, 1.165) is 83.5 Å². The Morgan fingerprint density at radius 2 is 1.13 bits per heavy atom. The number of aliphatic hydroxyl groups is 2. The molecule has 0 amide bonds. The standard InChI is InChI=1S/2C20H24N2O2.H2O4S.H2O/c2*1-3-13-12-22-9-7-14(13)10-19(22)20(23)16-6-8-21-18-5-4-15(24-2)11-17(16)18;1-5(2,3)4;/h2*3-6,8,11,13-14,19-20,23H,1,7,9-10,12H2,2H3;(H2,1,2,3,4);1H2/t2*13-,14?,19-,20?;;/m11../s1. The van der Waals surface area contributed by atoms with Crippen molar-refractivity contribution >= 4 is 32.2 Å². The number of rotatable bonds is 8. The number of fused-ring (bicyclic) bond motifs is 8. The average Bonchev–Trinajstić information content (AvgIpc) is 3.19. The maximum atomic E-state index is 11.2. The molecule has 6 aliphatic heterocycles. The molecule has 10 atom stereocenters. The third kappa shape index (κ3) is 9.09. The van der Waals surface area contributed by atoms with E-state index in [1.807, 2.05) is 48.5 Å². The van der Waals surface area contributed by atoms with Crippen molar-refractivity contribution < 1.29 is 42.7 Å². The van der Waals surface area contributed by atoms with Crippen LogP contribution in [0.15, 0.2) is 86.2 Å². The number of ether oxygens (including phenoxy) is 2. The monoisotopic (exact) mass is 764 g/mol. The summed E-state index contributed by atoms with van der Waals surface area (Å²) in [7, 11) is -1.34. The third-order valence-corrected chi connectivity index (χ3v) is 11.6. The first-order chi connectivity index (χ1) is 25.4. The van der Waals surface area contributed by atoms with Crippen LogP contribution >= 0.6 is 0 Å². The van der Waals surface area contributed by atoms with Crippen LogP contribution in [0.25, 0.3) is 21.8 Å². The van der Waals surface area contributed by atoms with E-state index in [0.29, 0.717) is 23.7 Å². The quantitative estimate of drug-likeness (QED) is 0.141. The summed E-state index contributed by atoms with van der Waals surface area (Å²) >= 11 is 0. The Labute approximate surface area is 316 Å². The Kier molecular flexibility index (Phi) is 13.5. The Morgan fingerprint density at radius 3 is 1.44 bits per heavy atom. The Morgan fingerprint density at radius 1 is 0.741 bits per heavy atom. The Bertz CT molecular complexity index is 1890. The van der Waals surface area contributed by atoms with E-state index in [1.54, 1.807) is 26.6 Å². The largest absolute Gasteiger partial charge is 0.497 e. The summed E-state index contributed by atoms with van der Waals surface area (Å²) in [5.74, 6) is 4.01. The fourth-order valence-corrected chi connectivity index (χ4v) is 8.89. The molecule has 14 heteroatoms. The molecule has 54 heavy (non-hydrogen) atoms. The van der Waals surface area contributed by atoms with Gasteiger partial charge >= 0.3 is 10.4 Å². The molecule has 4 aromatic rings. The molecule has 2 aromatic heterocycles. The summed E-state index contributed by atoms with van der Waals surface area (Å²) in [6.07, 6.45) is 11.2. The van der Waals surface area contributed by atoms with E-state index >= 15 is 0 Å². The molecule has 292 valence electrons. The summed E-state index contributed by atoms with van der Waals surface area (Å²) in [5.41, 5.74) is 3.69. The van der Waals surface area contributed by atoms with Crippen molar-refractivity contribution in [1.82, 2.24) is 19.8 Å². The zero-order valence-corrected chi connectivity index (χ0v) is 31.6. The van der Waals surface area contributed by atoms with Crippen molar-refractivity contribution in [3.05, 3.63) is 97.4 Å². The minimum Gasteiger partial charge on any atom is -0.497 e. The Hall–Kier alpha value is -3.99. The number of pyridine rings is 2. The lowest BCUT2D eigenvalue weighted by atomic mass is 9.73. The smallest absolute Gasteiger partial charge is 0.394 e. The number of hydrogen-bond acceptors (Lipinski definition) is 10. The second-order valence-electron chi connectivity index (χ2n) is 14.4. The van der Waals surface area contributed by atoms with Gasteiger partial charge in [-0.2, -0.15) is 8.42 Å². The van der Waals surface area contributed by atoms with Gasteiger partial charge in [0.05, 0.1) is 37.5 Å². The molecule has 6 unspecified atom stereocenters. The van der Waals surface area contributed by atoms with Crippen molar-refractivity contribution in [2.45, 2.75) is 50.0 Å². The molecule has 0 spiro atoms. The molecule has 6 N–H and O–H groups in total. The van der Waals surface area contributed by atoms with Crippen molar-refractivity contribution in [2.75, 3.05) is 40.4 Å². The zero-order valence-electron chi connectivity index (χ0n) is 30.7. The molecule has 6 aliphatic rings. The first-order valence-corrected chi connectivity index (χ1v) is 19.5. The molecule has 13 nitrogen and oxygen atoms in total. The first-order valence-electron chi connectivity index (χ1n) is 18.1. The van der Waals surface area contributed by atoms with Crippen LogP contribution in [0.5, 0.6) is 11.5 Å². The lowest BCUT2D eigenvalue weighted by Crippen LogP contribution is -2.54. The molecule has 0 radical (unpaired) electrons. The maximum absolute atomic E-state index is 11.2. The molecule has 0 saturated carbocycles. The molecule has 0 aliphatic carbocycles. The summed E-state index contributed by atoms with van der Waals surface area (Å²) in [6.45, 7) is 12.1. The topological polar surface area (TPSA) is 197 Å². The number of nitrogens with zero attached hydrogens (tertiary/aromatic N) is 4. The van der Waals surface area contributed by atoms with Crippen LogP contribution in [0.1, 0.15) is 49.0 Å². The summed E-state index contributed by atoms with van der Waals surface area (Å²) in [6, 6.07) is 15.9. The molecule has 8 heterocycles. The van der Waals surface area contributed by atoms with Crippen LogP contribution in [0.3, 0.4) is 0 Å². The third-order valence-electron chi connectivity index (χ3n) is 11.6. The highest BCUT2D eigenvalue weighted by atomic mass is 32.3. The van der Waals surface area contributed by atoms with Crippen LogP contribution in [0.4, 0.5) is 0 Å². The predicted molar refractivity (Wildman–Crippen MR) is 208 cm³/mol. The van der Waals surface area contributed by atoms with Crippen molar-refractivity contribution in [3.63, 3.8) is 0 Å². The highest BCUT2D eigenvalue weighted by Crippen LogP contribution is 2.43. The van der Waals surface area contributed by atoms with Gasteiger partial charge in [0.1, 0.15) is 11.5 Å². The fourth-order valence-electron chi connectivity index (χ4n) is 8.89. The van der Waals surface area contributed by atoms with Gasteiger partial charge in [0, 0.05) is 48.3 Å². The van der Waals surface area contributed by atoms with E-state index in [2.05, 4.69) is 45.1 Å². The van der Waals surface area contributed by atoms with E-state index in [1.165, 1.54) is 12.8 Å². The molecule has 10 rings (SSSR count). The van der Waals surface area contributed by atoms with E-state index < -0.39 is 22.6 Å². The fraction of sp³-hybridized carbons (Fsp3) is 0.450. The van der Waals surface area contributed by atoms with Crippen molar-refractivity contribution in [3.8, 4) is 11.5 Å². The zero-order chi connectivity index (χ0) is 37.9. The van der Waals surface area contributed by atoms with Crippen LogP contribution in [-0.4, -0.2) is 105 Å². The van der Waals surface area contributed by atoms with Crippen molar-refractivity contribution in [2.24, 2.45) is 23.7 Å². The number of piperidine rings is 6. The predicted octanol–water partition coefficient (Wildman–Crippen LogP) is 4.87. The first kappa shape index (κ1) is 41.2. The summed E-state index contributed by atoms with van der Waals surface area (Å²) < 4.78 is 42.3. The van der Waals surface area contributed by atoms with Gasteiger partial charge in [0.2, 0.25) is 0 Å². The van der Waals surface area contributed by atoms with Crippen LogP contribution in [0, 0.1) is 23.7 Å². The molecular weight excluding hydrogens is 713 g/mol. The highest BCUT2D eigenvalue weighted by Gasteiger charge is 2.43. The number of aliphatic hydroxyl groups excluding tert-OH is 2. The number of methoxy groups -OCH3 is 2. The van der Waals surface area contributed by atoms with E-state index in [9.17, 15) is 10.2 Å². The number of aromatic nitrogens is 2. The highest BCUT2D eigenvalue weighted by molar-refractivity contribution is 7.79. The Balaban J connectivity index is 0.000000182. The van der Waals surface area contributed by atoms with Gasteiger partial charge in [-0.1, -0.05) is 12.2 Å². The second-order valence-corrected chi connectivity index (χ2v) is 15.3. The van der Waals surface area contributed by atoms with Crippen LogP contribution in [0.2, 0.25) is 0 Å². The number of benzene rings is 2. The van der Waals surface area contributed by atoms with E-state index in [4.69, 9.17) is 27.0 Å². The van der Waals surface area contributed by atoms with Gasteiger partial charge in [-0.05, 0) is 122 Å². The second kappa shape index (κ2) is 17.6. The van der Waals surface area contributed by atoms with Crippen molar-refractivity contribution in [1.29, 1.82) is 0 Å². The van der Waals surface area contributed by atoms with E-state index in [-0.39, 0.29) is 17.6 Å². The van der Waals surface area contributed by atoms with Crippen LogP contribution < -0.4 is 9.47 Å². The minimum absolute atomic E-state index is 0. The average molecular weight is 765 g/mol. The van der Waals surface area contributed by atoms with Gasteiger partial charge in [0.25, 0.3) is 0 Å². The number of hydrogen-bond donors (Lipinski definition) is 4. The normalized spacial score (nSPS) is 28.0. The van der Waals surface area contributed by atoms with Crippen LogP contribution in [-0.2, 0) is 10.4 Å². The summed E-state index contributed by atoms with van der Waals surface area (Å²) in [4.78, 5) is 13.7. The van der Waals surface area contributed by atoms with Gasteiger partial charge in [-0.25, -0.2) is 0 Å². The molecule has 4 bridgehead atoms. The molecule has 6 saturated heterocycles. The maximum Gasteiger partial charge on any atom is 0.394 e. The lowest BCUT2D eigenvalue weighted by Gasteiger charge is -2.50. The lowest BCUT2D eigenvalue weighted by molar-refractivity contribution is -0.0445. The molecule has 6 fully saturated rings. The van der Waals surface area contributed by atoms with Gasteiger partial charge in [-0.15, -0.1) is 13.2 Å².